The van der Waals surface area contributed by atoms with Crippen LogP contribution >= 0.6 is 0 Å². The monoisotopic (exact) mass is 273 g/mol. The molecule has 0 radical (unpaired) electrons. The summed E-state index contributed by atoms with van der Waals surface area (Å²) >= 11 is 0. The first-order valence-electron chi connectivity index (χ1n) is 6.21. The molecule has 0 aliphatic carbocycles. The van der Waals surface area contributed by atoms with Gasteiger partial charge in [0, 0.05) is 18.2 Å². The van der Waals surface area contributed by atoms with Gasteiger partial charge >= 0.3 is 0 Å². The molecular weight excluding hydrogens is 256 g/mol. The zero-order valence-electron chi connectivity index (χ0n) is 11.5. The molecule has 0 aliphatic rings. The maximum atomic E-state index is 11.9. The fraction of sp³-hybridized carbons (Fsp3) is 0.200. The lowest BCUT2D eigenvalue weighted by molar-refractivity contribution is -0.684. The Balaban J connectivity index is 2.12. The summed E-state index contributed by atoms with van der Waals surface area (Å²) < 4.78 is 6.92. The van der Waals surface area contributed by atoms with Gasteiger partial charge in [-0.25, -0.2) is 0 Å². The van der Waals surface area contributed by atoms with Crippen molar-refractivity contribution in [2.45, 2.75) is 13.5 Å². The molecule has 1 heterocycles. The molecule has 2 rings (SSSR count). The lowest BCUT2D eigenvalue weighted by atomic mass is 10.2. The minimum Gasteiger partial charge on any atom is -0.506 e. The van der Waals surface area contributed by atoms with E-state index < -0.39 is 0 Å². The number of nitrogens with one attached hydrogen (secondary N) is 1. The van der Waals surface area contributed by atoms with Gasteiger partial charge < -0.3 is 15.2 Å². The van der Waals surface area contributed by atoms with E-state index in [9.17, 15) is 9.90 Å². The minimum atomic E-state index is -0.220. The van der Waals surface area contributed by atoms with Gasteiger partial charge in [-0.05, 0) is 18.6 Å². The Morgan fingerprint density at radius 3 is 2.65 bits per heavy atom. The Hall–Kier alpha value is -2.56. The first-order valence-corrected chi connectivity index (χ1v) is 6.21. The highest BCUT2D eigenvalue weighted by Gasteiger charge is 2.13. The number of aromatic hydroxyl groups is 1. The molecule has 0 saturated carbocycles. The molecule has 5 nitrogen and oxygen atoms in total. The van der Waals surface area contributed by atoms with Crippen molar-refractivity contribution in [2.75, 3.05) is 12.4 Å². The summed E-state index contributed by atoms with van der Waals surface area (Å²) in [6.07, 6.45) is 3.60. The van der Waals surface area contributed by atoms with Crippen LogP contribution < -0.4 is 14.6 Å². The second-order valence-electron chi connectivity index (χ2n) is 4.43. The van der Waals surface area contributed by atoms with E-state index in [2.05, 4.69) is 5.32 Å². The third kappa shape index (κ3) is 3.26. The summed E-state index contributed by atoms with van der Waals surface area (Å²) in [7, 11) is 1.55. The van der Waals surface area contributed by atoms with Crippen LogP contribution in [0.1, 0.15) is 5.56 Å². The molecule has 1 aromatic heterocycles. The summed E-state index contributed by atoms with van der Waals surface area (Å²) in [5.74, 6) is 0.419. The molecule has 2 aromatic rings. The highest BCUT2D eigenvalue weighted by molar-refractivity contribution is 5.91. The summed E-state index contributed by atoms with van der Waals surface area (Å²) in [5.41, 5.74) is 1.15. The van der Waals surface area contributed by atoms with Crippen LogP contribution in [0.15, 0.2) is 42.7 Å². The van der Waals surface area contributed by atoms with Crippen LogP contribution in [0.25, 0.3) is 0 Å². The van der Waals surface area contributed by atoms with Gasteiger partial charge in [-0.15, -0.1) is 0 Å². The first kappa shape index (κ1) is 13.9. The van der Waals surface area contributed by atoms with Gasteiger partial charge in [0.25, 0.3) is 5.91 Å². The molecule has 0 saturated heterocycles. The number of benzene rings is 1. The fourth-order valence-corrected chi connectivity index (χ4v) is 1.89. The molecule has 1 amide bonds. The zero-order valence-corrected chi connectivity index (χ0v) is 11.5. The van der Waals surface area contributed by atoms with E-state index in [0.717, 1.165) is 5.56 Å². The van der Waals surface area contributed by atoms with Crippen molar-refractivity contribution < 1.29 is 19.2 Å². The third-order valence-electron chi connectivity index (χ3n) is 2.89. The Morgan fingerprint density at radius 2 is 2.00 bits per heavy atom. The number of hydrogen-bond acceptors (Lipinski definition) is 3. The number of carbonyl (C=O) groups is 1. The molecule has 0 atom stereocenters. The molecule has 104 valence electrons. The van der Waals surface area contributed by atoms with Crippen molar-refractivity contribution >= 4 is 11.6 Å². The number of aryl methyl sites for hydroxylation is 1. The van der Waals surface area contributed by atoms with Crippen molar-refractivity contribution in [1.29, 1.82) is 0 Å². The zero-order chi connectivity index (χ0) is 14.5. The molecule has 1 aromatic carbocycles. The van der Waals surface area contributed by atoms with Crippen molar-refractivity contribution in [1.82, 2.24) is 0 Å². The van der Waals surface area contributed by atoms with Crippen LogP contribution in [0.2, 0.25) is 0 Å². The quantitative estimate of drug-likeness (QED) is 0.657. The molecule has 0 aliphatic heterocycles. The summed E-state index contributed by atoms with van der Waals surface area (Å²) in [4.78, 5) is 11.9. The predicted molar refractivity (Wildman–Crippen MR) is 74.7 cm³/mol. The minimum absolute atomic E-state index is 0.0229. The van der Waals surface area contributed by atoms with Crippen LogP contribution in [0, 0.1) is 6.92 Å². The van der Waals surface area contributed by atoms with Crippen LogP contribution in [-0.2, 0) is 11.3 Å². The van der Waals surface area contributed by atoms with Gasteiger partial charge in [-0.2, -0.15) is 4.57 Å². The second-order valence-corrected chi connectivity index (χ2v) is 4.43. The summed E-state index contributed by atoms with van der Waals surface area (Å²) in [6.45, 7) is 2.00. The maximum Gasteiger partial charge on any atom is 0.290 e. The predicted octanol–water partition coefficient (Wildman–Crippen LogP) is 1.64. The number of rotatable bonds is 4. The topological polar surface area (TPSA) is 62.4 Å². The average molecular weight is 273 g/mol. The van der Waals surface area contributed by atoms with Crippen molar-refractivity contribution in [3.05, 3.63) is 48.3 Å². The van der Waals surface area contributed by atoms with Gasteiger partial charge in [-0.3, -0.25) is 4.79 Å². The molecule has 5 heteroatoms. The van der Waals surface area contributed by atoms with Crippen LogP contribution in [0.5, 0.6) is 11.5 Å². The number of anilines is 1. The van der Waals surface area contributed by atoms with Crippen molar-refractivity contribution in [3.8, 4) is 11.5 Å². The number of amides is 1. The van der Waals surface area contributed by atoms with Gasteiger partial charge in [0.2, 0.25) is 6.54 Å². The van der Waals surface area contributed by atoms with Gasteiger partial charge in [0.05, 0.1) is 12.8 Å². The van der Waals surface area contributed by atoms with Gasteiger partial charge in [-0.1, -0.05) is 6.07 Å². The largest absolute Gasteiger partial charge is 0.506 e. The Bertz CT molecular complexity index is 612. The fourth-order valence-electron chi connectivity index (χ4n) is 1.89. The van der Waals surface area contributed by atoms with E-state index in [1.165, 1.54) is 0 Å². The van der Waals surface area contributed by atoms with Gasteiger partial charge in [0.15, 0.2) is 12.4 Å². The molecule has 20 heavy (non-hydrogen) atoms. The lowest BCUT2D eigenvalue weighted by Crippen LogP contribution is -2.39. The number of nitrogens with zero attached hydrogens (tertiary/aromatic N) is 1. The molecule has 2 N–H and O–H groups in total. The Morgan fingerprint density at radius 1 is 1.30 bits per heavy atom. The van der Waals surface area contributed by atoms with Crippen LogP contribution in [-0.4, -0.2) is 18.1 Å². The number of pyridine rings is 1. The third-order valence-corrected chi connectivity index (χ3v) is 2.89. The number of hydrogen-bond donors (Lipinski definition) is 2. The van der Waals surface area contributed by atoms with Crippen molar-refractivity contribution in [2.24, 2.45) is 0 Å². The van der Waals surface area contributed by atoms with Gasteiger partial charge in [0.1, 0.15) is 11.5 Å². The number of phenols is 1. The van der Waals surface area contributed by atoms with E-state index in [4.69, 9.17) is 4.74 Å². The number of ether oxygens (including phenoxy) is 1. The second kappa shape index (κ2) is 6.06. The number of methoxy groups -OCH3 is 1. The first-order chi connectivity index (χ1) is 9.60. The average Bonchev–Trinajstić information content (AvgIpc) is 2.43. The van der Waals surface area contributed by atoms with E-state index in [1.807, 2.05) is 25.1 Å². The summed E-state index contributed by atoms with van der Waals surface area (Å²) in [6, 6.07) is 8.74. The summed E-state index contributed by atoms with van der Waals surface area (Å²) in [5, 5.41) is 12.5. The number of aromatic nitrogens is 1. The Labute approximate surface area is 117 Å². The van der Waals surface area contributed by atoms with E-state index in [0.29, 0.717) is 11.4 Å². The standard InChI is InChI=1S/C15H16N2O3/c1-11-8-13(18)12(9-14(11)20-2)16-15(19)10-17-6-4-3-5-7-17/h3-9H,10H2,1-2H3,(H-,16,18,19)/p+1. The SMILES string of the molecule is COc1cc(NC(=O)C[n+]2ccccc2)c(O)cc1C. The molecule has 0 bridgehead atoms. The van der Waals surface area contributed by atoms with E-state index >= 15 is 0 Å². The number of carbonyl (C=O) groups excluding carboxylic acids is 1. The smallest absolute Gasteiger partial charge is 0.290 e. The molecular formula is C15H17N2O3+. The number of phenolic OH excluding ortho intramolecular Hbond substituents is 1. The molecule has 0 spiro atoms. The molecule has 0 fully saturated rings. The highest BCUT2D eigenvalue weighted by atomic mass is 16.5. The van der Waals surface area contributed by atoms with Crippen LogP contribution in [0.4, 0.5) is 5.69 Å². The lowest BCUT2D eigenvalue weighted by Gasteiger charge is -2.10. The highest BCUT2D eigenvalue weighted by Crippen LogP contribution is 2.31. The van der Waals surface area contributed by atoms with Crippen molar-refractivity contribution in [3.63, 3.8) is 0 Å². The normalized spacial score (nSPS) is 10.1. The maximum absolute atomic E-state index is 11.9. The van der Waals surface area contributed by atoms with E-state index in [1.54, 1.807) is 36.2 Å². The molecule has 0 unspecified atom stereocenters. The van der Waals surface area contributed by atoms with E-state index in [-0.39, 0.29) is 18.2 Å². The van der Waals surface area contributed by atoms with Crippen LogP contribution in [0.3, 0.4) is 0 Å². The Kier molecular flexibility index (Phi) is 4.20.